The summed E-state index contributed by atoms with van der Waals surface area (Å²) in [6, 6.07) is 72.1. The number of hydrogen-bond donors (Lipinski definition) is 0. The van der Waals surface area contributed by atoms with Gasteiger partial charge in [-0.05, 0) is 80.9 Å². The van der Waals surface area contributed by atoms with Crippen LogP contribution in [0.3, 0.4) is 0 Å². The second-order valence-electron chi connectivity index (χ2n) is 14.1. The maximum absolute atomic E-state index is 5.30. The molecule has 252 valence electrons. The molecule has 0 fully saturated rings. The fourth-order valence-electron chi connectivity index (χ4n) is 9.07. The summed E-state index contributed by atoms with van der Waals surface area (Å²) in [5.41, 5.74) is 16.8. The van der Waals surface area contributed by atoms with Crippen LogP contribution in [0.5, 0.6) is 0 Å². The van der Waals surface area contributed by atoms with Gasteiger partial charge in [0.2, 0.25) is 0 Å². The quantitative estimate of drug-likeness (QED) is 0.184. The molecule has 2 heterocycles. The van der Waals surface area contributed by atoms with E-state index in [1.54, 1.807) is 0 Å². The molecule has 3 nitrogen and oxygen atoms in total. The minimum atomic E-state index is -0.532. The van der Waals surface area contributed by atoms with Gasteiger partial charge in [0.05, 0.1) is 28.0 Å². The average Bonchev–Trinajstić information content (AvgIpc) is 3.54. The van der Waals surface area contributed by atoms with Crippen LogP contribution in [0.4, 0.5) is 17.1 Å². The first-order valence-electron chi connectivity index (χ1n) is 18.5. The molecule has 0 saturated carbocycles. The highest BCUT2D eigenvalue weighted by molar-refractivity contribution is 5.98. The Bertz CT molecular complexity index is 2850. The van der Waals surface area contributed by atoms with Crippen molar-refractivity contribution in [1.82, 2.24) is 9.97 Å². The summed E-state index contributed by atoms with van der Waals surface area (Å²) < 4.78 is 0. The van der Waals surface area contributed by atoms with Crippen LogP contribution in [-0.2, 0) is 5.41 Å². The molecule has 0 N–H and O–H groups in total. The smallest absolute Gasteiger partial charge is 0.161 e. The van der Waals surface area contributed by atoms with Crippen molar-refractivity contribution in [3.8, 4) is 44.9 Å². The van der Waals surface area contributed by atoms with Gasteiger partial charge in [-0.2, -0.15) is 0 Å². The monoisotopic (exact) mass is 687 g/mol. The number of nitrogens with zero attached hydrogens (tertiary/aromatic N) is 3. The zero-order valence-electron chi connectivity index (χ0n) is 29.4. The number of para-hydroxylation sites is 4. The Morgan fingerprint density at radius 1 is 0.370 bits per heavy atom. The zero-order valence-corrected chi connectivity index (χ0v) is 29.4. The molecule has 1 spiro atoms. The standard InChI is InChI=1S/C51H33N3/c1-3-17-34(18-4-1)49-41-24-10-14-28-46(41)52-50(53-49)40-23-8-7-21-37(40)35-31-32-39-38-22-9-11-25-42(38)51(45(39)33-35)43-26-12-15-29-47(43)54(36-19-5-2-6-20-36)48-30-16-13-27-44(48)51/h1-33H. The van der Waals surface area contributed by atoms with Crippen LogP contribution in [0.15, 0.2) is 200 Å². The van der Waals surface area contributed by atoms with Gasteiger partial charge < -0.3 is 4.90 Å². The Morgan fingerprint density at radius 3 is 1.67 bits per heavy atom. The molecule has 0 unspecified atom stereocenters. The number of fused-ring (bicyclic) bond motifs is 10. The Morgan fingerprint density at radius 2 is 0.926 bits per heavy atom. The third-order valence-corrected chi connectivity index (χ3v) is 11.3. The van der Waals surface area contributed by atoms with Gasteiger partial charge in [-0.15, -0.1) is 0 Å². The summed E-state index contributed by atoms with van der Waals surface area (Å²) in [6.45, 7) is 0. The highest BCUT2D eigenvalue weighted by Gasteiger charge is 2.51. The van der Waals surface area contributed by atoms with Crippen molar-refractivity contribution < 1.29 is 0 Å². The highest BCUT2D eigenvalue weighted by atomic mass is 15.2. The third kappa shape index (κ3) is 4.36. The van der Waals surface area contributed by atoms with E-state index in [9.17, 15) is 0 Å². The van der Waals surface area contributed by atoms with Crippen LogP contribution in [0.2, 0.25) is 0 Å². The van der Waals surface area contributed by atoms with Crippen LogP contribution in [-0.4, -0.2) is 9.97 Å². The molecular formula is C51H33N3. The molecule has 0 atom stereocenters. The van der Waals surface area contributed by atoms with E-state index in [1.165, 1.54) is 44.8 Å². The molecule has 54 heavy (non-hydrogen) atoms. The van der Waals surface area contributed by atoms with Crippen molar-refractivity contribution in [1.29, 1.82) is 0 Å². The van der Waals surface area contributed by atoms with Crippen LogP contribution in [0, 0.1) is 0 Å². The SMILES string of the molecule is c1ccc(-c2nc(-c3ccccc3-c3ccc4c(c3)C3(c5ccccc5-4)c4ccccc4N(c4ccccc4)c4ccccc43)nc3ccccc23)cc1. The van der Waals surface area contributed by atoms with Gasteiger partial charge in [0.25, 0.3) is 0 Å². The maximum Gasteiger partial charge on any atom is 0.161 e. The number of rotatable bonds is 4. The number of aromatic nitrogens is 2. The molecule has 3 heteroatoms. The lowest BCUT2D eigenvalue weighted by atomic mass is 9.64. The molecule has 0 amide bonds. The summed E-state index contributed by atoms with van der Waals surface area (Å²) in [5.74, 6) is 0.716. The summed E-state index contributed by atoms with van der Waals surface area (Å²) in [6.07, 6.45) is 0. The second-order valence-corrected chi connectivity index (χ2v) is 14.1. The molecule has 11 rings (SSSR count). The van der Waals surface area contributed by atoms with E-state index in [2.05, 4.69) is 199 Å². The van der Waals surface area contributed by atoms with E-state index in [0.717, 1.165) is 44.5 Å². The fraction of sp³-hybridized carbons (Fsp3) is 0.0196. The van der Waals surface area contributed by atoms with Gasteiger partial charge in [0.15, 0.2) is 5.82 Å². The van der Waals surface area contributed by atoms with E-state index in [4.69, 9.17) is 9.97 Å². The predicted octanol–water partition coefficient (Wildman–Crippen LogP) is 12.8. The molecule has 1 aliphatic heterocycles. The minimum Gasteiger partial charge on any atom is -0.310 e. The normalized spacial score (nSPS) is 13.3. The van der Waals surface area contributed by atoms with Crippen LogP contribution >= 0.6 is 0 Å². The Kier molecular flexibility index (Phi) is 6.77. The van der Waals surface area contributed by atoms with Gasteiger partial charge in [0.1, 0.15) is 0 Å². The average molecular weight is 688 g/mol. The van der Waals surface area contributed by atoms with Crippen LogP contribution in [0.1, 0.15) is 22.3 Å². The van der Waals surface area contributed by atoms with Crippen molar-refractivity contribution >= 4 is 28.0 Å². The van der Waals surface area contributed by atoms with Gasteiger partial charge in [-0.25, -0.2) is 9.97 Å². The Balaban J connectivity index is 1.17. The van der Waals surface area contributed by atoms with Crippen molar-refractivity contribution in [2.75, 3.05) is 4.90 Å². The number of hydrogen-bond acceptors (Lipinski definition) is 3. The van der Waals surface area contributed by atoms with Crippen LogP contribution < -0.4 is 4.90 Å². The van der Waals surface area contributed by atoms with Crippen molar-refractivity contribution in [2.45, 2.75) is 5.41 Å². The third-order valence-electron chi connectivity index (χ3n) is 11.3. The van der Waals surface area contributed by atoms with E-state index in [-0.39, 0.29) is 0 Å². The Hall–Kier alpha value is -7.10. The van der Waals surface area contributed by atoms with Crippen molar-refractivity contribution in [2.24, 2.45) is 0 Å². The first kappa shape index (κ1) is 30.5. The molecule has 0 radical (unpaired) electrons. The van der Waals surface area contributed by atoms with Crippen LogP contribution in [0.25, 0.3) is 55.8 Å². The lowest BCUT2D eigenvalue weighted by Gasteiger charge is -2.45. The molecule has 9 aromatic rings. The second kappa shape index (κ2) is 12.0. The highest BCUT2D eigenvalue weighted by Crippen LogP contribution is 2.63. The Labute approximate surface area is 314 Å². The minimum absolute atomic E-state index is 0.532. The largest absolute Gasteiger partial charge is 0.310 e. The van der Waals surface area contributed by atoms with Gasteiger partial charge in [-0.3, -0.25) is 0 Å². The lowest BCUT2D eigenvalue weighted by Crippen LogP contribution is -2.36. The maximum atomic E-state index is 5.30. The molecule has 2 aliphatic rings. The summed E-state index contributed by atoms with van der Waals surface area (Å²) in [5, 5.41) is 1.04. The van der Waals surface area contributed by atoms with Crippen molar-refractivity contribution in [3.05, 3.63) is 222 Å². The van der Waals surface area contributed by atoms with Crippen molar-refractivity contribution in [3.63, 3.8) is 0 Å². The molecule has 1 aliphatic carbocycles. The molecule has 1 aromatic heterocycles. The summed E-state index contributed by atoms with van der Waals surface area (Å²) >= 11 is 0. The molecule has 0 saturated heterocycles. The molecular weight excluding hydrogens is 655 g/mol. The lowest BCUT2D eigenvalue weighted by molar-refractivity contribution is 0.753. The van der Waals surface area contributed by atoms with Gasteiger partial charge >= 0.3 is 0 Å². The van der Waals surface area contributed by atoms with Gasteiger partial charge in [0, 0.05) is 22.2 Å². The summed E-state index contributed by atoms with van der Waals surface area (Å²) in [7, 11) is 0. The first-order chi connectivity index (χ1) is 26.8. The topological polar surface area (TPSA) is 29.0 Å². The zero-order chi connectivity index (χ0) is 35.6. The predicted molar refractivity (Wildman–Crippen MR) is 221 cm³/mol. The summed E-state index contributed by atoms with van der Waals surface area (Å²) in [4.78, 5) is 12.9. The van der Waals surface area contributed by atoms with Gasteiger partial charge in [-0.1, -0.05) is 164 Å². The van der Waals surface area contributed by atoms with E-state index < -0.39 is 5.41 Å². The number of anilines is 3. The van der Waals surface area contributed by atoms with E-state index in [1.807, 2.05) is 6.07 Å². The molecule has 0 bridgehead atoms. The van der Waals surface area contributed by atoms with E-state index in [0.29, 0.717) is 5.82 Å². The van der Waals surface area contributed by atoms with E-state index >= 15 is 0 Å². The fourth-order valence-corrected chi connectivity index (χ4v) is 9.07. The number of benzene rings is 8. The molecule has 8 aromatic carbocycles. The first-order valence-corrected chi connectivity index (χ1v) is 18.5.